The Kier molecular flexibility index (Phi) is 21.7. The van der Waals surface area contributed by atoms with Crippen LogP contribution in [0.2, 0.25) is 6.04 Å². The first-order valence-electron chi connectivity index (χ1n) is 8.51. The molecular formula is C18H38O8Si2. The fourth-order valence-corrected chi connectivity index (χ4v) is 4.32. The average molecular weight is 439 g/mol. The summed E-state index contributed by atoms with van der Waals surface area (Å²) in [5.74, 6) is -0.375. The standard InChI is InChI=1S/C10H20O5Si.C5H12O3Si.C3H6/c1-9(2)10(11)15-7-6-8-16(12-3,13-4)14-5;1-5-9(6-2,7-3)8-4;1-3-2/h1,6-8H2,2-5H3;5H,1H2,2-4H3;3H,1H2,2H3. The van der Waals surface area contributed by atoms with Gasteiger partial charge in [-0.25, -0.2) is 4.79 Å². The van der Waals surface area contributed by atoms with Gasteiger partial charge in [0, 0.05) is 54.3 Å². The summed E-state index contributed by atoms with van der Waals surface area (Å²) in [7, 11) is 4.33. The minimum absolute atomic E-state index is 0.316. The van der Waals surface area contributed by atoms with Gasteiger partial charge in [0.1, 0.15) is 0 Å². The monoisotopic (exact) mass is 438 g/mol. The molecule has 0 amide bonds. The van der Waals surface area contributed by atoms with Crippen molar-refractivity contribution in [2.75, 3.05) is 49.3 Å². The molecule has 0 aliphatic carbocycles. The lowest BCUT2D eigenvalue weighted by Crippen LogP contribution is -2.42. The van der Waals surface area contributed by atoms with Crippen LogP contribution in [-0.4, -0.2) is 72.8 Å². The van der Waals surface area contributed by atoms with Crippen LogP contribution in [-0.2, 0) is 36.1 Å². The zero-order valence-electron chi connectivity index (χ0n) is 18.7. The Morgan fingerprint density at radius 1 is 0.893 bits per heavy atom. The molecule has 0 aromatic rings. The largest absolute Gasteiger partial charge is 0.528 e. The number of ether oxygens (including phenoxy) is 1. The van der Waals surface area contributed by atoms with Crippen molar-refractivity contribution in [1.29, 1.82) is 0 Å². The van der Waals surface area contributed by atoms with Crippen LogP contribution in [0.25, 0.3) is 0 Å². The summed E-state index contributed by atoms with van der Waals surface area (Å²) in [5.41, 5.74) is 1.97. The van der Waals surface area contributed by atoms with Crippen molar-refractivity contribution in [3.05, 3.63) is 37.1 Å². The van der Waals surface area contributed by atoms with Crippen molar-refractivity contribution < 1.29 is 36.1 Å². The van der Waals surface area contributed by atoms with Crippen LogP contribution in [0.5, 0.6) is 0 Å². The van der Waals surface area contributed by atoms with Gasteiger partial charge in [-0.05, 0) is 26.0 Å². The summed E-state index contributed by atoms with van der Waals surface area (Å²) in [6.07, 6.45) is 2.39. The van der Waals surface area contributed by atoms with Gasteiger partial charge in [-0.15, -0.1) is 6.58 Å². The normalized spacial score (nSPS) is 10.6. The molecule has 0 saturated carbocycles. The van der Waals surface area contributed by atoms with Gasteiger partial charge < -0.3 is 31.3 Å². The molecule has 0 aromatic carbocycles. The molecule has 8 nitrogen and oxygen atoms in total. The molecule has 166 valence electrons. The van der Waals surface area contributed by atoms with E-state index >= 15 is 0 Å². The Labute approximate surface area is 172 Å². The molecule has 0 rings (SSSR count). The first-order chi connectivity index (χ1) is 13.2. The van der Waals surface area contributed by atoms with Crippen molar-refractivity contribution in [3.63, 3.8) is 0 Å². The van der Waals surface area contributed by atoms with Gasteiger partial charge in [0.15, 0.2) is 0 Å². The molecule has 0 radical (unpaired) electrons. The van der Waals surface area contributed by atoms with Crippen LogP contribution >= 0.6 is 0 Å². The Balaban J connectivity index is -0.000000438. The van der Waals surface area contributed by atoms with E-state index in [9.17, 15) is 4.79 Å². The van der Waals surface area contributed by atoms with Crippen molar-refractivity contribution >= 4 is 23.6 Å². The van der Waals surface area contributed by atoms with Gasteiger partial charge in [0.2, 0.25) is 0 Å². The lowest BCUT2D eigenvalue weighted by atomic mass is 10.4. The van der Waals surface area contributed by atoms with Crippen LogP contribution in [0.15, 0.2) is 37.1 Å². The highest BCUT2D eigenvalue weighted by atomic mass is 28.4. The van der Waals surface area contributed by atoms with Gasteiger partial charge in [-0.2, -0.15) is 0 Å². The molecule has 28 heavy (non-hydrogen) atoms. The average Bonchev–Trinajstić information content (AvgIpc) is 2.72. The maximum absolute atomic E-state index is 11.1. The quantitative estimate of drug-likeness (QED) is 0.151. The number of carbonyl (C=O) groups is 1. The number of hydrogen-bond donors (Lipinski definition) is 0. The highest BCUT2D eigenvalue weighted by Crippen LogP contribution is 2.14. The van der Waals surface area contributed by atoms with Crippen molar-refractivity contribution in [2.45, 2.75) is 26.3 Å². The zero-order chi connectivity index (χ0) is 22.6. The van der Waals surface area contributed by atoms with Crippen LogP contribution in [0, 0.1) is 0 Å². The molecule has 0 N–H and O–H groups in total. The maximum atomic E-state index is 11.1. The molecule has 0 aromatic heterocycles. The van der Waals surface area contributed by atoms with E-state index < -0.39 is 17.6 Å². The van der Waals surface area contributed by atoms with E-state index in [2.05, 4.69) is 19.7 Å². The first kappa shape index (κ1) is 31.6. The van der Waals surface area contributed by atoms with E-state index in [4.69, 9.17) is 31.3 Å². The summed E-state index contributed by atoms with van der Waals surface area (Å²) in [6, 6.07) is 0.611. The third-order valence-electron chi connectivity index (χ3n) is 3.25. The number of hydrogen-bond acceptors (Lipinski definition) is 8. The molecule has 0 unspecified atom stereocenters. The molecule has 0 bridgehead atoms. The predicted molar refractivity (Wildman–Crippen MR) is 115 cm³/mol. The Hall–Kier alpha value is -1.12. The summed E-state index contributed by atoms with van der Waals surface area (Å²) >= 11 is 0. The molecule has 0 aliphatic heterocycles. The summed E-state index contributed by atoms with van der Waals surface area (Å²) in [6.45, 7) is 14.2. The minimum atomic E-state index is -2.53. The fraction of sp³-hybridized carbons (Fsp3) is 0.611. The Bertz CT molecular complexity index is 419. The number of esters is 1. The van der Waals surface area contributed by atoms with Gasteiger partial charge in [0.25, 0.3) is 0 Å². The third-order valence-corrected chi connectivity index (χ3v) is 8.28. The zero-order valence-corrected chi connectivity index (χ0v) is 20.7. The van der Waals surface area contributed by atoms with Gasteiger partial charge in [0.05, 0.1) is 6.61 Å². The number of carbonyl (C=O) groups excluding carboxylic acids is 1. The molecule has 0 fully saturated rings. The summed E-state index contributed by atoms with van der Waals surface area (Å²) < 4.78 is 35.5. The molecule has 0 saturated heterocycles. The van der Waals surface area contributed by atoms with Crippen LogP contribution < -0.4 is 0 Å². The number of allylic oxidation sites excluding steroid dienone is 1. The second-order valence-electron chi connectivity index (χ2n) is 5.14. The molecule has 0 heterocycles. The lowest BCUT2D eigenvalue weighted by Gasteiger charge is -2.24. The Morgan fingerprint density at radius 2 is 1.29 bits per heavy atom. The van der Waals surface area contributed by atoms with Crippen LogP contribution in [0.4, 0.5) is 0 Å². The second-order valence-corrected chi connectivity index (χ2v) is 11.1. The van der Waals surface area contributed by atoms with Crippen LogP contribution in [0.3, 0.4) is 0 Å². The van der Waals surface area contributed by atoms with Gasteiger partial charge >= 0.3 is 23.6 Å². The summed E-state index contributed by atoms with van der Waals surface area (Å²) in [4.78, 5) is 11.1. The van der Waals surface area contributed by atoms with E-state index in [1.807, 2.05) is 6.92 Å². The SMILES string of the molecule is C=C(C)C(=O)OCCC[Si](OC)(OC)OC.C=CC.C=C[Si](OC)(OC)OC. The predicted octanol–water partition coefficient (Wildman–Crippen LogP) is 3.16. The van der Waals surface area contributed by atoms with Crippen molar-refractivity contribution in [2.24, 2.45) is 0 Å². The smallest absolute Gasteiger partial charge is 0.462 e. The minimum Gasteiger partial charge on any atom is -0.462 e. The van der Waals surface area contributed by atoms with Crippen LogP contribution in [0.1, 0.15) is 20.3 Å². The van der Waals surface area contributed by atoms with E-state index in [-0.39, 0.29) is 5.97 Å². The number of rotatable bonds is 12. The van der Waals surface area contributed by atoms with Gasteiger partial charge in [-0.1, -0.05) is 19.2 Å². The molecule has 0 aliphatic rings. The van der Waals surface area contributed by atoms with Gasteiger partial charge in [-0.3, -0.25) is 0 Å². The van der Waals surface area contributed by atoms with Crippen molar-refractivity contribution in [1.82, 2.24) is 0 Å². The molecule has 10 heteroatoms. The van der Waals surface area contributed by atoms with Crippen molar-refractivity contribution in [3.8, 4) is 0 Å². The highest BCUT2D eigenvalue weighted by molar-refractivity contribution is 6.66. The second kappa shape index (κ2) is 19.2. The topological polar surface area (TPSA) is 81.7 Å². The molecular weight excluding hydrogens is 400 g/mol. The van der Waals surface area contributed by atoms with E-state index in [1.54, 1.807) is 61.4 Å². The van der Waals surface area contributed by atoms with E-state index in [0.717, 1.165) is 0 Å². The molecule has 0 spiro atoms. The highest BCUT2D eigenvalue weighted by Gasteiger charge is 2.37. The first-order valence-corrected chi connectivity index (χ1v) is 12.2. The molecule has 0 atom stereocenters. The lowest BCUT2D eigenvalue weighted by molar-refractivity contribution is -0.139. The van der Waals surface area contributed by atoms with E-state index in [1.165, 1.54) is 0 Å². The van der Waals surface area contributed by atoms with E-state index in [0.29, 0.717) is 24.6 Å². The fourth-order valence-electron chi connectivity index (χ4n) is 1.63. The third kappa shape index (κ3) is 14.0. The Morgan fingerprint density at radius 3 is 1.50 bits per heavy atom. The maximum Gasteiger partial charge on any atom is 0.528 e. The summed E-state index contributed by atoms with van der Waals surface area (Å²) in [5, 5.41) is 0.